The highest BCUT2D eigenvalue weighted by Crippen LogP contribution is 2.23. The summed E-state index contributed by atoms with van der Waals surface area (Å²) in [5.74, 6) is 0.0158. The van der Waals surface area contributed by atoms with E-state index in [1.54, 1.807) is 4.90 Å². The van der Waals surface area contributed by atoms with Gasteiger partial charge in [-0.05, 0) is 38.1 Å². The molecule has 1 rings (SSSR count). The standard InChI is InChI=1S/C15H22N2O2S/c1-5-17(6-2)15(19)16-12-7-9-13(10-8-12)20-14(18)11(3)4/h7-11H,5-6H2,1-4H3,(H,16,19). The molecule has 0 unspecified atom stereocenters. The van der Waals surface area contributed by atoms with Gasteiger partial charge in [-0.25, -0.2) is 4.79 Å². The number of anilines is 1. The van der Waals surface area contributed by atoms with Crippen molar-refractivity contribution < 1.29 is 9.59 Å². The van der Waals surface area contributed by atoms with Crippen molar-refractivity contribution in [1.29, 1.82) is 0 Å². The summed E-state index contributed by atoms with van der Waals surface area (Å²) in [5, 5.41) is 2.98. The minimum atomic E-state index is -0.103. The first kappa shape index (κ1) is 16.6. The number of benzene rings is 1. The summed E-state index contributed by atoms with van der Waals surface area (Å²) in [6, 6.07) is 7.23. The van der Waals surface area contributed by atoms with Crippen LogP contribution in [0.4, 0.5) is 10.5 Å². The van der Waals surface area contributed by atoms with E-state index in [1.165, 1.54) is 11.8 Å². The first-order chi connectivity index (χ1) is 9.47. The van der Waals surface area contributed by atoms with Crippen molar-refractivity contribution in [1.82, 2.24) is 4.90 Å². The summed E-state index contributed by atoms with van der Waals surface area (Å²) in [7, 11) is 0. The van der Waals surface area contributed by atoms with Gasteiger partial charge in [-0.1, -0.05) is 25.6 Å². The lowest BCUT2D eigenvalue weighted by molar-refractivity contribution is -0.113. The van der Waals surface area contributed by atoms with Crippen LogP contribution in [0.25, 0.3) is 0 Å². The van der Waals surface area contributed by atoms with Gasteiger partial charge in [0.2, 0.25) is 0 Å². The molecule has 0 atom stereocenters. The zero-order valence-electron chi connectivity index (χ0n) is 12.5. The molecule has 0 spiro atoms. The molecule has 4 nitrogen and oxygen atoms in total. The fourth-order valence-electron chi connectivity index (χ4n) is 1.55. The maximum atomic E-state index is 11.9. The number of nitrogens with zero attached hydrogens (tertiary/aromatic N) is 1. The van der Waals surface area contributed by atoms with Crippen LogP contribution in [0.15, 0.2) is 29.2 Å². The van der Waals surface area contributed by atoms with E-state index in [2.05, 4.69) is 5.32 Å². The molecule has 2 amide bonds. The van der Waals surface area contributed by atoms with Gasteiger partial charge in [-0.3, -0.25) is 4.79 Å². The Balaban J connectivity index is 2.63. The van der Waals surface area contributed by atoms with Gasteiger partial charge in [0.1, 0.15) is 0 Å². The second kappa shape index (κ2) is 7.94. The van der Waals surface area contributed by atoms with E-state index >= 15 is 0 Å². The third-order valence-corrected chi connectivity index (χ3v) is 4.03. The maximum absolute atomic E-state index is 11.9. The number of hydrogen-bond donors (Lipinski definition) is 1. The summed E-state index contributed by atoms with van der Waals surface area (Å²) in [5.41, 5.74) is 0.739. The van der Waals surface area contributed by atoms with E-state index in [4.69, 9.17) is 0 Å². The smallest absolute Gasteiger partial charge is 0.321 e. The second-order valence-electron chi connectivity index (χ2n) is 4.70. The zero-order chi connectivity index (χ0) is 15.1. The predicted octanol–water partition coefficient (Wildman–Crippen LogP) is 3.84. The van der Waals surface area contributed by atoms with Crippen LogP contribution in [0.3, 0.4) is 0 Å². The molecule has 0 heterocycles. The molecule has 1 aromatic carbocycles. The molecule has 0 fully saturated rings. The summed E-state index contributed by atoms with van der Waals surface area (Å²) >= 11 is 1.23. The Labute approximate surface area is 124 Å². The normalized spacial score (nSPS) is 10.4. The molecule has 110 valence electrons. The van der Waals surface area contributed by atoms with E-state index in [0.29, 0.717) is 13.1 Å². The van der Waals surface area contributed by atoms with Gasteiger partial charge in [-0.2, -0.15) is 0 Å². The molecule has 0 aliphatic carbocycles. The largest absolute Gasteiger partial charge is 0.325 e. The fourth-order valence-corrected chi connectivity index (χ4v) is 2.29. The average Bonchev–Trinajstić information content (AvgIpc) is 2.42. The van der Waals surface area contributed by atoms with E-state index in [1.807, 2.05) is 52.0 Å². The van der Waals surface area contributed by atoms with Gasteiger partial charge in [0.15, 0.2) is 5.12 Å². The highest BCUT2D eigenvalue weighted by Gasteiger charge is 2.11. The summed E-state index contributed by atoms with van der Waals surface area (Å²) in [6.07, 6.45) is 0. The Kier molecular flexibility index (Phi) is 6.58. The summed E-state index contributed by atoms with van der Waals surface area (Å²) in [6.45, 7) is 9.01. The van der Waals surface area contributed by atoms with Gasteiger partial charge in [0.25, 0.3) is 0 Å². The number of thioether (sulfide) groups is 1. The lowest BCUT2D eigenvalue weighted by Crippen LogP contribution is -2.34. The van der Waals surface area contributed by atoms with Gasteiger partial charge in [0, 0.05) is 29.6 Å². The van der Waals surface area contributed by atoms with Crippen LogP contribution in [0.1, 0.15) is 27.7 Å². The van der Waals surface area contributed by atoms with Crippen LogP contribution in [-0.4, -0.2) is 29.1 Å². The topological polar surface area (TPSA) is 49.4 Å². The lowest BCUT2D eigenvalue weighted by Gasteiger charge is -2.19. The third-order valence-electron chi connectivity index (χ3n) is 2.85. The molecule has 0 saturated carbocycles. The first-order valence-electron chi connectivity index (χ1n) is 6.85. The van der Waals surface area contributed by atoms with Crippen LogP contribution in [0.2, 0.25) is 0 Å². The number of urea groups is 1. The Hall–Kier alpha value is -1.49. The molecule has 1 aromatic rings. The van der Waals surface area contributed by atoms with Crippen LogP contribution in [0.5, 0.6) is 0 Å². The van der Waals surface area contributed by atoms with Crippen molar-refractivity contribution in [3.8, 4) is 0 Å². The molecule has 0 aliphatic rings. The van der Waals surface area contributed by atoms with Gasteiger partial charge in [0.05, 0.1) is 0 Å². The van der Waals surface area contributed by atoms with Gasteiger partial charge >= 0.3 is 6.03 Å². The van der Waals surface area contributed by atoms with Crippen LogP contribution >= 0.6 is 11.8 Å². The van der Waals surface area contributed by atoms with E-state index in [9.17, 15) is 9.59 Å². The number of nitrogens with one attached hydrogen (secondary N) is 1. The van der Waals surface area contributed by atoms with Crippen LogP contribution in [-0.2, 0) is 4.79 Å². The maximum Gasteiger partial charge on any atom is 0.321 e. The lowest BCUT2D eigenvalue weighted by atomic mass is 10.3. The van der Waals surface area contributed by atoms with E-state index < -0.39 is 0 Å². The summed E-state index contributed by atoms with van der Waals surface area (Å²) < 4.78 is 0. The molecule has 0 aliphatic heterocycles. The molecular weight excluding hydrogens is 272 g/mol. The van der Waals surface area contributed by atoms with Crippen molar-refractivity contribution in [2.45, 2.75) is 32.6 Å². The molecular formula is C15H22N2O2S. The molecule has 0 bridgehead atoms. The Morgan fingerprint density at radius 1 is 1.15 bits per heavy atom. The van der Waals surface area contributed by atoms with Crippen LogP contribution in [0, 0.1) is 5.92 Å². The quantitative estimate of drug-likeness (QED) is 0.839. The molecule has 1 N–H and O–H groups in total. The zero-order valence-corrected chi connectivity index (χ0v) is 13.3. The predicted molar refractivity (Wildman–Crippen MR) is 84.1 cm³/mol. The Morgan fingerprint density at radius 3 is 2.15 bits per heavy atom. The summed E-state index contributed by atoms with van der Waals surface area (Å²) in [4.78, 5) is 26.1. The number of rotatable bonds is 5. The molecule has 0 saturated heterocycles. The molecule has 0 aromatic heterocycles. The molecule has 0 radical (unpaired) electrons. The second-order valence-corrected chi connectivity index (χ2v) is 5.78. The Morgan fingerprint density at radius 2 is 1.70 bits per heavy atom. The van der Waals surface area contributed by atoms with Crippen molar-refractivity contribution in [2.24, 2.45) is 5.92 Å². The van der Waals surface area contributed by atoms with Gasteiger partial charge < -0.3 is 10.2 Å². The van der Waals surface area contributed by atoms with Crippen LogP contribution < -0.4 is 5.32 Å². The van der Waals surface area contributed by atoms with Crippen molar-refractivity contribution in [3.63, 3.8) is 0 Å². The Bertz CT molecular complexity index is 453. The third kappa shape index (κ3) is 4.89. The van der Waals surface area contributed by atoms with Crippen molar-refractivity contribution in [2.75, 3.05) is 18.4 Å². The number of hydrogen-bond acceptors (Lipinski definition) is 3. The number of amides is 2. The highest BCUT2D eigenvalue weighted by molar-refractivity contribution is 8.13. The highest BCUT2D eigenvalue weighted by atomic mass is 32.2. The monoisotopic (exact) mass is 294 g/mol. The van der Waals surface area contributed by atoms with Crippen molar-refractivity contribution in [3.05, 3.63) is 24.3 Å². The minimum Gasteiger partial charge on any atom is -0.325 e. The number of carbonyl (C=O) groups is 2. The molecule has 5 heteroatoms. The number of carbonyl (C=O) groups excluding carboxylic acids is 2. The van der Waals surface area contributed by atoms with E-state index in [0.717, 1.165) is 10.6 Å². The van der Waals surface area contributed by atoms with Crippen molar-refractivity contribution >= 4 is 28.6 Å². The molecule has 20 heavy (non-hydrogen) atoms. The average molecular weight is 294 g/mol. The minimum absolute atomic E-state index is 0.0158. The van der Waals surface area contributed by atoms with Gasteiger partial charge in [-0.15, -0.1) is 0 Å². The first-order valence-corrected chi connectivity index (χ1v) is 7.67. The van der Waals surface area contributed by atoms with E-state index in [-0.39, 0.29) is 17.1 Å². The SMILES string of the molecule is CCN(CC)C(=O)Nc1ccc(SC(=O)C(C)C)cc1. The fraction of sp³-hybridized carbons (Fsp3) is 0.467.